The van der Waals surface area contributed by atoms with E-state index < -0.39 is 10.9 Å². The molecule has 0 radical (unpaired) electrons. The predicted molar refractivity (Wildman–Crippen MR) is 86.5 cm³/mol. The van der Waals surface area contributed by atoms with Crippen molar-refractivity contribution in [3.8, 4) is 11.5 Å². The van der Waals surface area contributed by atoms with Crippen LogP contribution < -0.4 is 14.4 Å². The van der Waals surface area contributed by atoms with E-state index in [-0.39, 0.29) is 17.2 Å². The first kappa shape index (κ1) is 18.8. The summed E-state index contributed by atoms with van der Waals surface area (Å²) in [5.41, 5.74) is 0.308. The molecule has 24 heavy (non-hydrogen) atoms. The first-order valence-corrected chi connectivity index (χ1v) is 8.10. The zero-order valence-corrected chi connectivity index (χ0v) is 14.4. The topological polar surface area (TPSA) is 59.1 Å². The maximum absolute atomic E-state index is 13.8. The molecular weight excluding hydrogens is 367 g/mol. The second kappa shape index (κ2) is 8.01. The quantitative estimate of drug-likeness (QED) is 0.545. The van der Waals surface area contributed by atoms with Gasteiger partial charge in [0.05, 0.1) is 31.6 Å². The summed E-state index contributed by atoms with van der Waals surface area (Å²) in [5.74, 6) is 0.0231. The van der Waals surface area contributed by atoms with Gasteiger partial charge in [0.15, 0.2) is 10.7 Å². The van der Waals surface area contributed by atoms with Gasteiger partial charge in [0, 0.05) is 19.2 Å². The van der Waals surface area contributed by atoms with E-state index in [4.69, 9.17) is 42.8 Å². The maximum Gasteiger partial charge on any atom is 0.430 e. The minimum atomic E-state index is -3.82. The molecule has 0 unspecified atom stereocenters. The van der Waals surface area contributed by atoms with Crippen molar-refractivity contribution in [3.63, 3.8) is 0 Å². The fourth-order valence-corrected chi connectivity index (χ4v) is 2.30. The molecule has 0 spiro atoms. The van der Waals surface area contributed by atoms with Crippen molar-refractivity contribution >= 4 is 34.6 Å². The summed E-state index contributed by atoms with van der Waals surface area (Å²) in [7, 11) is 0. The summed E-state index contributed by atoms with van der Waals surface area (Å²) in [6.45, 7) is 3.91. The molecule has 0 saturated carbocycles. The number of benzene rings is 1. The SMILES string of the molecule is CCOc1cc(N2CCOCC2)c(OC(F)(F)C(Cl)Cl)cc1[N+]#N. The molecule has 0 amide bonds. The Morgan fingerprint density at radius 2 is 2.00 bits per heavy atom. The van der Waals surface area contributed by atoms with Crippen LogP contribution in [-0.4, -0.2) is 43.9 Å². The van der Waals surface area contributed by atoms with Crippen LogP contribution >= 0.6 is 23.2 Å². The molecule has 6 nitrogen and oxygen atoms in total. The van der Waals surface area contributed by atoms with Crippen LogP contribution in [0.2, 0.25) is 0 Å². The molecule has 0 aliphatic carbocycles. The Labute approximate surface area is 147 Å². The number of rotatable bonds is 6. The van der Waals surface area contributed by atoms with Gasteiger partial charge in [0.1, 0.15) is 0 Å². The second-order valence-electron chi connectivity index (χ2n) is 4.88. The molecular formula is C14H16Cl2F2N3O3+. The predicted octanol–water partition coefficient (Wildman–Crippen LogP) is 4.18. The van der Waals surface area contributed by atoms with Crippen LogP contribution in [0.25, 0.3) is 4.98 Å². The average Bonchev–Trinajstić information content (AvgIpc) is 2.56. The smallest absolute Gasteiger partial charge is 0.430 e. The Hall–Kier alpha value is -1.56. The number of halogens is 4. The number of ether oxygens (including phenoxy) is 3. The molecule has 1 aliphatic rings. The van der Waals surface area contributed by atoms with Crippen LogP contribution in [-0.2, 0) is 4.74 Å². The van der Waals surface area contributed by atoms with Gasteiger partial charge in [-0.15, -0.1) is 0 Å². The highest BCUT2D eigenvalue weighted by molar-refractivity contribution is 6.44. The number of hydrogen-bond donors (Lipinski definition) is 0. The summed E-state index contributed by atoms with van der Waals surface area (Å²) in [5, 5.41) is 9.09. The van der Waals surface area contributed by atoms with Crippen molar-refractivity contribution in [2.45, 2.75) is 17.9 Å². The highest BCUT2D eigenvalue weighted by Crippen LogP contribution is 2.43. The highest BCUT2D eigenvalue weighted by Gasteiger charge is 2.42. The molecule has 132 valence electrons. The molecule has 0 N–H and O–H groups in total. The van der Waals surface area contributed by atoms with Crippen LogP contribution in [0.15, 0.2) is 12.1 Å². The average molecular weight is 383 g/mol. The van der Waals surface area contributed by atoms with E-state index in [9.17, 15) is 8.78 Å². The van der Waals surface area contributed by atoms with E-state index >= 15 is 0 Å². The molecule has 1 aromatic carbocycles. The molecule has 2 rings (SSSR count). The normalized spacial score (nSPS) is 15.3. The van der Waals surface area contributed by atoms with Crippen LogP contribution in [0.4, 0.5) is 20.2 Å². The number of nitrogens with zero attached hydrogens (tertiary/aromatic N) is 3. The van der Waals surface area contributed by atoms with Crippen molar-refractivity contribution < 1.29 is 23.0 Å². The monoisotopic (exact) mass is 382 g/mol. The Morgan fingerprint density at radius 3 is 2.54 bits per heavy atom. The van der Waals surface area contributed by atoms with Crippen LogP contribution in [0.5, 0.6) is 11.5 Å². The number of alkyl halides is 4. The van der Waals surface area contributed by atoms with E-state index in [0.29, 0.717) is 38.6 Å². The van der Waals surface area contributed by atoms with Crippen molar-refractivity contribution in [2.24, 2.45) is 0 Å². The second-order valence-corrected chi connectivity index (χ2v) is 5.98. The molecule has 1 aromatic rings. The highest BCUT2D eigenvalue weighted by atomic mass is 35.5. The van der Waals surface area contributed by atoms with Gasteiger partial charge >= 0.3 is 11.8 Å². The minimum Gasteiger partial charge on any atom is -0.486 e. The molecule has 1 fully saturated rings. The van der Waals surface area contributed by atoms with Gasteiger partial charge in [-0.2, -0.15) is 8.78 Å². The van der Waals surface area contributed by atoms with Gasteiger partial charge in [-0.1, -0.05) is 23.2 Å². The Bertz CT molecular complexity index is 620. The summed E-state index contributed by atoms with van der Waals surface area (Å²) in [6, 6.07) is 2.63. The number of hydrogen-bond acceptors (Lipinski definition) is 5. The fourth-order valence-electron chi connectivity index (χ4n) is 2.21. The van der Waals surface area contributed by atoms with Gasteiger partial charge in [0.2, 0.25) is 16.0 Å². The van der Waals surface area contributed by atoms with Crippen LogP contribution in [0, 0.1) is 5.39 Å². The van der Waals surface area contributed by atoms with E-state index in [0.717, 1.165) is 6.07 Å². The first-order chi connectivity index (χ1) is 11.4. The van der Waals surface area contributed by atoms with Gasteiger partial charge in [0.25, 0.3) is 0 Å². The zero-order valence-electron chi connectivity index (χ0n) is 12.8. The third kappa shape index (κ3) is 4.29. The molecule has 0 bridgehead atoms. The van der Waals surface area contributed by atoms with E-state index in [1.165, 1.54) is 6.07 Å². The third-order valence-corrected chi connectivity index (χ3v) is 3.81. The van der Waals surface area contributed by atoms with Crippen LogP contribution in [0.3, 0.4) is 0 Å². The first-order valence-electron chi connectivity index (χ1n) is 7.22. The number of anilines is 1. The van der Waals surface area contributed by atoms with Gasteiger partial charge in [-0.25, -0.2) is 0 Å². The van der Waals surface area contributed by atoms with Crippen molar-refractivity contribution in [1.29, 1.82) is 5.39 Å². The van der Waals surface area contributed by atoms with Gasteiger partial charge < -0.3 is 19.1 Å². The molecule has 1 saturated heterocycles. The van der Waals surface area contributed by atoms with Crippen molar-refractivity contribution in [1.82, 2.24) is 0 Å². The summed E-state index contributed by atoms with van der Waals surface area (Å²) in [4.78, 5) is 2.79. The van der Waals surface area contributed by atoms with Crippen molar-refractivity contribution in [3.05, 3.63) is 17.1 Å². The summed E-state index contributed by atoms with van der Waals surface area (Å²) < 4.78 is 43.0. The van der Waals surface area contributed by atoms with E-state index in [1.54, 1.807) is 11.8 Å². The lowest BCUT2D eigenvalue weighted by molar-refractivity contribution is -0.163. The largest absolute Gasteiger partial charge is 0.486 e. The van der Waals surface area contributed by atoms with Gasteiger partial charge in [-0.3, -0.25) is 0 Å². The Kier molecular flexibility index (Phi) is 6.27. The summed E-state index contributed by atoms with van der Waals surface area (Å²) >= 11 is 10.5. The summed E-state index contributed by atoms with van der Waals surface area (Å²) in [6.07, 6.45) is -3.82. The Balaban J connectivity index is 2.47. The maximum atomic E-state index is 13.8. The molecule has 0 aromatic heterocycles. The fraction of sp³-hybridized carbons (Fsp3) is 0.571. The Morgan fingerprint density at radius 1 is 1.33 bits per heavy atom. The number of diazo groups is 1. The number of morpholine rings is 1. The minimum absolute atomic E-state index is 0.0413. The zero-order chi connectivity index (χ0) is 17.7. The molecule has 10 heteroatoms. The lowest BCUT2D eigenvalue weighted by atomic mass is 10.2. The van der Waals surface area contributed by atoms with Gasteiger partial charge in [-0.05, 0) is 6.92 Å². The lowest BCUT2D eigenvalue weighted by Crippen LogP contribution is -2.38. The standard InChI is InChI=1S/C14H16Cl2F2N3O3/c1-2-23-11-8-10(21-3-5-22-6-4-21)12(7-9(11)20-19)24-14(17,18)13(15)16/h7-8,13H,2-6H2,1H3/q+1. The van der Waals surface area contributed by atoms with E-state index in [2.05, 4.69) is 4.98 Å². The molecule has 1 aliphatic heterocycles. The molecule has 1 heterocycles. The van der Waals surface area contributed by atoms with Crippen LogP contribution in [0.1, 0.15) is 6.92 Å². The van der Waals surface area contributed by atoms with Crippen molar-refractivity contribution in [2.75, 3.05) is 37.8 Å². The van der Waals surface area contributed by atoms with E-state index in [1.807, 2.05) is 0 Å². The lowest BCUT2D eigenvalue weighted by Gasteiger charge is -2.31. The third-order valence-electron chi connectivity index (χ3n) is 3.30. The molecule has 0 atom stereocenters.